The molecule has 3 saturated carbocycles. The first-order valence-corrected chi connectivity index (χ1v) is 11.5. The lowest BCUT2D eigenvalue weighted by Gasteiger charge is -2.55. The molecule has 0 radical (unpaired) electrons. The van der Waals surface area contributed by atoms with Gasteiger partial charge in [0.1, 0.15) is 5.60 Å². The Labute approximate surface area is 175 Å². The maximum absolute atomic E-state index is 12.0. The number of fused-ring (bicyclic) bond motifs is 1. The van der Waals surface area contributed by atoms with E-state index in [0.29, 0.717) is 18.3 Å². The Morgan fingerprint density at radius 3 is 2.21 bits per heavy atom. The Balaban J connectivity index is 1.63. The summed E-state index contributed by atoms with van der Waals surface area (Å²) in [4.78, 5) is 0. The first-order valence-electron chi connectivity index (χ1n) is 11.5. The molecule has 0 spiro atoms. The van der Waals surface area contributed by atoms with Gasteiger partial charge >= 0.3 is 0 Å². The Hall–Kier alpha value is -0.940. The first-order chi connectivity index (χ1) is 13.8. The second kappa shape index (κ2) is 7.64. The lowest BCUT2D eigenvalue weighted by molar-refractivity contribution is -0.141. The Morgan fingerprint density at radius 1 is 0.862 bits per heavy atom. The third-order valence-electron chi connectivity index (χ3n) is 9.61. The summed E-state index contributed by atoms with van der Waals surface area (Å²) in [5, 5.41) is 42.4. The van der Waals surface area contributed by atoms with E-state index in [1.54, 1.807) is 0 Å². The molecule has 8 atom stereocenters. The smallest absolute Gasteiger partial charge is 0.100 e. The minimum Gasteiger partial charge on any atom is -0.396 e. The van der Waals surface area contributed by atoms with Crippen molar-refractivity contribution in [3.8, 4) is 0 Å². The van der Waals surface area contributed by atoms with Crippen molar-refractivity contribution in [3.05, 3.63) is 35.9 Å². The molecule has 3 aliphatic carbocycles. The van der Waals surface area contributed by atoms with Crippen LogP contribution in [0, 0.1) is 34.5 Å². The number of hydrogen-bond acceptors (Lipinski definition) is 4. The minimum atomic E-state index is -1.00. The molecule has 0 saturated heterocycles. The molecule has 3 aliphatic rings. The average molecular weight is 403 g/mol. The number of aliphatic hydroxyl groups is 4. The summed E-state index contributed by atoms with van der Waals surface area (Å²) in [6.07, 6.45) is 6.02. The van der Waals surface area contributed by atoms with Crippen molar-refractivity contribution >= 4 is 0 Å². The van der Waals surface area contributed by atoms with Crippen LogP contribution in [0.3, 0.4) is 0 Å². The van der Waals surface area contributed by atoms with Crippen molar-refractivity contribution in [2.24, 2.45) is 34.5 Å². The summed E-state index contributed by atoms with van der Waals surface area (Å²) in [6, 6.07) is 9.94. The fourth-order valence-electron chi connectivity index (χ4n) is 7.52. The lowest BCUT2D eigenvalue weighted by atomic mass is 9.51. The third kappa shape index (κ3) is 3.10. The molecule has 1 aromatic rings. The first kappa shape index (κ1) is 21.3. The molecule has 0 amide bonds. The molecule has 0 heterocycles. The van der Waals surface area contributed by atoms with Gasteiger partial charge in [0, 0.05) is 24.5 Å². The number of rotatable bonds is 4. The van der Waals surface area contributed by atoms with E-state index in [4.69, 9.17) is 0 Å². The van der Waals surface area contributed by atoms with Gasteiger partial charge in [0.15, 0.2) is 0 Å². The zero-order chi connectivity index (χ0) is 20.9. The SMILES string of the molecule is C[C@]1([C@H]2CC[C@@]3(C)[C@H](CC(CO)[C@@]3(O)c3ccccc3)C2)CC[C@H](O)C[C@@H]1CO. The number of aliphatic hydroxyl groups excluding tert-OH is 3. The Kier molecular flexibility index (Phi) is 5.61. The lowest BCUT2D eigenvalue weighted by Crippen LogP contribution is -2.51. The Bertz CT molecular complexity index is 708. The van der Waals surface area contributed by atoms with Crippen molar-refractivity contribution in [1.82, 2.24) is 0 Å². The van der Waals surface area contributed by atoms with E-state index in [9.17, 15) is 20.4 Å². The molecule has 162 valence electrons. The van der Waals surface area contributed by atoms with Gasteiger partial charge < -0.3 is 20.4 Å². The van der Waals surface area contributed by atoms with Crippen LogP contribution in [0.15, 0.2) is 30.3 Å². The predicted molar refractivity (Wildman–Crippen MR) is 113 cm³/mol. The van der Waals surface area contributed by atoms with E-state index < -0.39 is 5.60 Å². The van der Waals surface area contributed by atoms with Crippen molar-refractivity contribution in [3.63, 3.8) is 0 Å². The van der Waals surface area contributed by atoms with Crippen LogP contribution < -0.4 is 0 Å². The highest BCUT2D eigenvalue weighted by atomic mass is 16.3. The van der Waals surface area contributed by atoms with E-state index in [1.807, 2.05) is 30.3 Å². The van der Waals surface area contributed by atoms with E-state index >= 15 is 0 Å². The molecule has 4 heteroatoms. The largest absolute Gasteiger partial charge is 0.396 e. The van der Waals surface area contributed by atoms with Crippen molar-refractivity contribution < 1.29 is 20.4 Å². The molecular formula is C25H38O4. The quantitative estimate of drug-likeness (QED) is 0.622. The second-order valence-corrected chi connectivity index (χ2v) is 10.6. The zero-order valence-corrected chi connectivity index (χ0v) is 17.9. The van der Waals surface area contributed by atoms with Gasteiger partial charge in [0.05, 0.1) is 6.10 Å². The predicted octanol–water partition coefficient (Wildman–Crippen LogP) is 3.47. The topological polar surface area (TPSA) is 80.9 Å². The molecular weight excluding hydrogens is 364 g/mol. The molecule has 1 unspecified atom stereocenters. The highest BCUT2D eigenvalue weighted by molar-refractivity contribution is 5.30. The summed E-state index contributed by atoms with van der Waals surface area (Å²) in [6.45, 7) is 4.69. The fourth-order valence-corrected chi connectivity index (χ4v) is 7.52. The van der Waals surface area contributed by atoms with E-state index in [2.05, 4.69) is 13.8 Å². The minimum absolute atomic E-state index is 0.00484. The van der Waals surface area contributed by atoms with Gasteiger partial charge in [-0.05, 0) is 73.7 Å². The summed E-state index contributed by atoms with van der Waals surface area (Å²) in [5.74, 6) is 0.839. The van der Waals surface area contributed by atoms with E-state index in [0.717, 1.165) is 44.1 Å². The van der Waals surface area contributed by atoms with Crippen LogP contribution in [0.1, 0.15) is 64.4 Å². The van der Waals surface area contributed by atoms with E-state index in [-0.39, 0.29) is 42.0 Å². The van der Waals surface area contributed by atoms with Gasteiger partial charge in [-0.25, -0.2) is 0 Å². The maximum Gasteiger partial charge on any atom is 0.100 e. The molecule has 0 aliphatic heterocycles. The standard InChI is InChI=1S/C25H38O4/c1-23(10-9-22(28)14-20(23)15-26)18-8-11-24(2)19(12-18)13-21(16-27)25(24,29)17-6-4-3-5-7-17/h3-7,18-22,26-29H,8-16H2,1-2H3/t18-,19-,20+,21?,22-,23+,24-,25-/m0/s1. The van der Waals surface area contributed by atoms with Crippen LogP contribution in [-0.2, 0) is 5.60 Å². The molecule has 3 fully saturated rings. The number of benzene rings is 1. The molecule has 29 heavy (non-hydrogen) atoms. The van der Waals surface area contributed by atoms with Crippen LogP contribution in [-0.4, -0.2) is 39.7 Å². The van der Waals surface area contributed by atoms with Crippen LogP contribution in [0.4, 0.5) is 0 Å². The van der Waals surface area contributed by atoms with E-state index in [1.165, 1.54) is 0 Å². The molecule has 1 aromatic carbocycles. The van der Waals surface area contributed by atoms with Gasteiger partial charge in [0.2, 0.25) is 0 Å². The highest BCUT2D eigenvalue weighted by Gasteiger charge is 2.64. The summed E-state index contributed by atoms with van der Waals surface area (Å²) >= 11 is 0. The van der Waals surface area contributed by atoms with Crippen molar-refractivity contribution in [2.75, 3.05) is 13.2 Å². The average Bonchev–Trinajstić information content (AvgIpc) is 2.97. The van der Waals surface area contributed by atoms with Gasteiger partial charge in [-0.2, -0.15) is 0 Å². The monoisotopic (exact) mass is 402 g/mol. The third-order valence-corrected chi connectivity index (χ3v) is 9.61. The molecule has 4 nitrogen and oxygen atoms in total. The summed E-state index contributed by atoms with van der Waals surface area (Å²) < 4.78 is 0. The summed E-state index contributed by atoms with van der Waals surface area (Å²) in [5.41, 5.74) is -0.282. The van der Waals surface area contributed by atoms with Crippen LogP contribution in [0.25, 0.3) is 0 Å². The number of hydrogen-bond donors (Lipinski definition) is 4. The van der Waals surface area contributed by atoms with Crippen LogP contribution in [0.5, 0.6) is 0 Å². The van der Waals surface area contributed by atoms with Crippen LogP contribution in [0.2, 0.25) is 0 Å². The van der Waals surface area contributed by atoms with Gasteiger partial charge in [0.25, 0.3) is 0 Å². The van der Waals surface area contributed by atoms with Gasteiger partial charge in [-0.1, -0.05) is 44.2 Å². The normalized spacial score (nSPS) is 47.7. The Morgan fingerprint density at radius 2 is 1.55 bits per heavy atom. The second-order valence-electron chi connectivity index (χ2n) is 10.6. The van der Waals surface area contributed by atoms with Crippen molar-refractivity contribution in [1.29, 1.82) is 0 Å². The molecule has 0 aromatic heterocycles. The molecule has 0 bridgehead atoms. The summed E-state index contributed by atoms with van der Waals surface area (Å²) in [7, 11) is 0. The van der Waals surface area contributed by atoms with Gasteiger partial charge in [-0.15, -0.1) is 0 Å². The van der Waals surface area contributed by atoms with Crippen LogP contribution >= 0.6 is 0 Å². The maximum atomic E-state index is 12.0. The van der Waals surface area contributed by atoms with Gasteiger partial charge in [-0.3, -0.25) is 0 Å². The fraction of sp³-hybridized carbons (Fsp3) is 0.760. The zero-order valence-electron chi connectivity index (χ0n) is 17.9. The molecule has 4 rings (SSSR count). The molecule has 4 N–H and O–H groups in total. The van der Waals surface area contributed by atoms with Crippen molar-refractivity contribution in [2.45, 2.75) is 70.5 Å². The highest BCUT2D eigenvalue weighted by Crippen LogP contribution is 2.67.